The van der Waals surface area contributed by atoms with Gasteiger partial charge in [0.05, 0.1) is 6.61 Å². The lowest BCUT2D eigenvalue weighted by molar-refractivity contribution is 0.0947. The Morgan fingerprint density at radius 3 is 2.57 bits per heavy atom. The molecule has 4 nitrogen and oxygen atoms in total. The predicted octanol–water partition coefficient (Wildman–Crippen LogP) is 2.94. The Morgan fingerprint density at radius 1 is 1.22 bits per heavy atom. The molecule has 1 aliphatic carbocycles. The van der Waals surface area contributed by atoms with E-state index in [4.69, 9.17) is 4.74 Å². The zero-order valence-corrected chi connectivity index (χ0v) is 14.3. The lowest BCUT2D eigenvalue weighted by Gasteiger charge is -2.20. The first-order chi connectivity index (χ1) is 11.1. The van der Waals surface area contributed by atoms with Gasteiger partial charge < -0.3 is 15.0 Å². The molecule has 1 N–H and O–H groups in total. The number of hydrogen-bond donors (Lipinski definition) is 1. The van der Waals surface area contributed by atoms with Gasteiger partial charge in [0.1, 0.15) is 5.75 Å². The molecule has 2 aliphatic rings. The lowest BCUT2D eigenvalue weighted by atomic mass is 10.1. The van der Waals surface area contributed by atoms with Crippen molar-refractivity contribution >= 4 is 5.91 Å². The van der Waals surface area contributed by atoms with Gasteiger partial charge in [-0.1, -0.05) is 0 Å². The van der Waals surface area contributed by atoms with Gasteiger partial charge >= 0.3 is 0 Å². The summed E-state index contributed by atoms with van der Waals surface area (Å²) in [6.07, 6.45) is 3.75. The van der Waals surface area contributed by atoms with E-state index in [-0.39, 0.29) is 5.91 Å². The monoisotopic (exact) mass is 316 g/mol. The normalized spacial score (nSPS) is 21.6. The number of likely N-dealkylation sites (tertiary alicyclic amines) is 1. The van der Waals surface area contributed by atoms with Crippen LogP contribution in [0.5, 0.6) is 5.75 Å². The molecule has 1 saturated heterocycles. The number of amides is 1. The highest BCUT2D eigenvalue weighted by molar-refractivity contribution is 5.94. The predicted molar refractivity (Wildman–Crippen MR) is 91.8 cm³/mol. The summed E-state index contributed by atoms with van der Waals surface area (Å²) in [5.74, 6) is 2.19. The second-order valence-electron chi connectivity index (χ2n) is 7.23. The average molecular weight is 316 g/mol. The first kappa shape index (κ1) is 16.3. The summed E-state index contributed by atoms with van der Waals surface area (Å²) in [5.41, 5.74) is 0.711. The number of nitrogens with zero attached hydrogens (tertiary/aromatic N) is 1. The number of benzene rings is 1. The van der Waals surface area contributed by atoms with Crippen LogP contribution in [-0.4, -0.2) is 43.1 Å². The summed E-state index contributed by atoms with van der Waals surface area (Å²) in [7, 11) is 0. The highest BCUT2D eigenvalue weighted by Gasteiger charge is 2.24. The molecule has 2 fully saturated rings. The number of ether oxygens (including phenoxy) is 1. The van der Waals surface area contributed by atoms with Crippen LogP contribution < -0.4 is 10.1 Å². The maximum absolute atomic E-state index is 12.2. The molecule has 0 radical (unpaired) electrons. The molecule has 4 heteroatoms. The Labute approximate surface area is 139 Å². The van der Waals surface area contributed by atoms with Gasteiger partial charge in [0.2, 0.25) is 0 Å². The molecule has 1 heterocycles. The van der Waals surface area contributed by atoms with E-state index >= 15 is 0 Å². The molecular formula is C19H28N2O2. The van der Waals surface area contributed by atoms with Crippen LogP contribution in [0.25, 0.3) is 0 Å². The van der Waals surface area contributed by atoms with E-state index in [1.807, 2.05) is 24.3 Å². The van der Waals surface area contributed by atoms with Gasteiger partial charge in [-0.15, -0.1) is 0 Å². The maximum atomic E-state index is 12.2. The third-order valence-electron chi connectivity index (χ3n) is 4.90. The summed E-state index contributed by atoms with van der Waals surface area (Å²) in [6, 6.07) is 8.10. The minimum absolute atomic E-state index is 0.0155. The number of nitrogens with one attached hydrogen (secondary N) is 1. The lowest BCUT2D eigenvalue weighted by Crippen LogP contribution is -2.32. The minimum atomic E-state index is 0.0155. The molecule has 1 aromatic carbocycles. The zero-order valence-electron chi connectivity index (χ0n) is 14.3. The third kappa shape index (κ3) is 4.71. The molecule has 1 amide bonds. The first-order valence-corrected chi connectivity index (χ1v) is 8.87. The Bertz CT molecular complexity index is 523. The fraction of sp³-hybridized carbons (Fsp3) is 0.632. The van der Waals surface area contributed by atoms with E-state index in [1.54, 1.807) is 0 Å². The van der Waals surface area contributed by atoms with Gasteiger partial charge in [0.25, 0.3) is 5.91 Å². The Kier molecular flexibility index (Phi) is 5.21. The number of carbonyl (C=O) groups is 1. The highest BCUT2D eigenvalue weighted by Crippen LogP contribution is 2.29. The average Bonchev–Trinajstić information content (AvgIpc) is 3.26. The van der Waals surface area contributed by atoms with Gasteiger partial charge in [-0.05, 0) is 75.8 Å². The number of hydrogen-bond acceptors (Lipinski definition) is 3. The smallest absolute Gasteiger partial charge is 0.251 e. The highest BCUT2D eigenvalue weighted by atomic mass is 16.5. The fourth-order valence-corrected chi connectivity index (χ4v) is 3.04. The Balaban J connectivity index is 1.42. The van der Waals surface area contributed by atoms with Gasteiger partial charge in [0, 0.05) is 24.7 Å². The molecule has 1 atom stereocenters. The van der Waals surface area contributed by atoms with Crippen molar-refractivity contribution in [3.8, 4) is 5.75 Å². The van der Waals surface area contributed by atoms with Gasteiger partial charge in [-0.3, -0.25) is 4.79 Å². The topological polar surface area (TPSA) is 41.6 Å². The van der Waals surface area contributed by atoms with E-state index in [0.29, 0.717) is 17.5 Å². The van der Waals surface area contributed by atoms with E-state index in [2.05, 4.69) is 24.1 Å². The Morgan fingerprint density at radius 2 is 1.96 bits per heavy atom. The quantitative estimate of drug-likeness (QED) is 0.841. The van der Waals surface area contributed by atoms with Crippen LogP contribution in [0.4, 0.5) is 0 Å². The van der Waals surface area contributed by atoms with Crippen LogP contribution in [0.2, 0.25) is 0 Å². The molecule has 1 saturated carbocycles. The maximum Gasteiger partial charge on any atom is 0.251 e. The van der Waals surface area contributed by atoms with Crippen molar-refractivity contribution in [2.24, 2.45) is 11.8 Å². The van der Waals surface area contributed by atoms with Crippen molar-refractivity contribution in [1.29, 1.82) is 0 Å². The van der Waals surface area contributed by atoms with Crippen molar-refractivity contribution in [2.45, 2.75) is 39.2 Å². The van der Waals surface area contributed by atoms with Crippen LogP contribution in [0.1, 0.15) is 43.5 Å². The largest absolute Gasteiger partial charge is 0.493 e. The summed E-state index contributed by atoms with van der Waals surface area (Å²) >= 11 is 0. The molecule has 126 valence electrons. The zero-order chi connectivity index (χ0) is 16.2. The molecule has 0 bridgehead atoms. The molecule has 0 unspecified atom stereocenters. The second kappa shape index (κ2) is 7.35. The summed E-state index contributed by atoms with van der Waals surface area (Å²) in [4.78, 5) is 14.7. The molecule has 0 spiro atoms. The molecule has 1 aromatic rings. The first-order valence-electron chi connectivity index (χ1n) is 8.87. The standard InChI is InChI=1S/C19H28N2O2/c1-14(2)21-10-9-16(12-21)11-20-19(22)17-5-7-18(8-6-17)23-13-15-3-4-15/h5-8,14-16H,3-4,9-13H2,1-2H3,(H,20,22)/t16-/m0/s1. The van der Waals surface area contributed by atoms with Crippen molar-refractivity contribution < 1.29 is 9.53 Å². The molecule has 1 aliphatic heterocycles. The van der Waals surface area contributed by atoms with Crippen LogP contribution in [0.3, 0.4) is 0 Å². The van der Waals surface area contributed by atoms with Crippen molar-refractivity contribution in [3.63, 3.8) is 0 Å². The van der Waals surface area contributed by atoms with E-state index in [1.165, 1.54) is 19.3 Å². The van der Waals surface area contributed by atoms with Gasteiger partial charge in [0.15, 0.2) is 0 Å². The molecule has 3 rings (SSSR count). The van der Waals surface area contributed by atoms with Crippen LogP contribution in [-0.2, 0) is 0 Å². The van der Waals surface area contributed by atoms with Crippen LogP contribution >= 0.6 is 0 Å². The molecule has 23 heavy (non-hydrogen) atoms. The summed E-state index contributed by atoms with van der Waals surface area (Å²) < 4.78 is 5.70. The summed E-state index contributed by atoms with van der Waals surface area (Å²) in [5, 5.41) is 3.07. The molecular weight excluding hydrogens is 288 g/mol. The van der Waals surface area contributed by atoms with Gasteiger partial charge in [-0.25, -0.2) is 0 Å². The van der Waals surface area contributed by atoms with E-state index < -0.39 is 0 Å². The van der Waals surface area contributed by atoms with Crippen molar-refractivity contribution in [1.82, 2.24) is 10.2 Å². The second-order valence-corrected chi connectivity index (χ2v) is 7.23. The van der Waals surface area contributed by atoms with Gasteiger partial charge in [-0.2, -0.15) is 0 Å². The van der Waals surface area contributed by atoms with E-state index in [9.17, 15) is 4.79 Å². The van der Waals surface area contributed by atoms with Crippen molar-refractivity contribution in [3.05, 3.63) is 29.8 Å². The van der Waals surface area contributed by atoms with Crippen LogP contribution in [0, 0.1) is 11.8 Å². The SMILES string of the molecule is CC(C)N1CC[C@@H](CNC(=O)c2ccc(OCC3CC3)cc2)C1. The van der Waals surface area contributed by atoms with Crippen LogP contribution in [0.15, 0.2) is 24.3 Å². The molecule has 0 aromatic heterocycles. The number of carbonyl (C=O) groups excluding carboxylic acids is 1. The summed E-state index contributed by atoms with van der Waals surface area (Å²) in [6.45, 7) is 8.26. The van der Waals surface area contributed by atoms with E-state index in [0.717, 1.165) is 37.9 Å². The van der Waals surface area contributed by atoms with Crippen molar-refractivity contribution in [2.75, 3.05) is 26.2 Å². The minimum Gasteiger partial charge on any atom is -0.493 e. The fourth-order valence-electron chi connectivity index (χ4n) is 3.04. The Hall–Kier alpha value is -1.55. The third-order valence-corrected chi connectivity index (χ3v) is 4.90. The number of rotatable bonds is 7.